The molecule has 1 fully saturated rings. The molecule has 3 heterocycles. The number of hydrogen-bond donors (Lipinski definition) is 0. The predicted molar refractivity (Wildman–Crippen MR) is 94.7 cm³/mol. The van der Waals surface area contributed by atoms with Crippen molar-refractivity contribution >= 4 is 10.9 Å². The van der Waals surface area contributed by atoms with Crippen molar-refractivity contribution in [3.63, 3.8) is 0 Å². The van der Waals surface area contributed by atoms with Crippen LogP contribution in [0.15, 0.2) is 36.5 Å². The molecule has 2 aromatic heterocycles. The van der Waals surface area contributed by atoms with E-state index < -0.39 is 0 Å². The third-order valence-corrected chi connectivity index (χ3v) is 4.99. The van der Waals surface area contributed by atoms with Gasteiger partial charge in [-0.2, -0.15) is 5.10 Å². The van der Waals surface area contributed by atoms with E-state index in [-0.39, 0.29) is 0 Å². The van der Waals surface area contributed by atoms with Crippen molar-refractivity contribution in [1.82, 2.24) is 24.6 Å². The number of nitrogens with zero attached hydrogens (tertiary/aromatic N) is 5. The highest BCUT2D eigenvalue weighted by Gasteiger charge is 2.24. The molecule has 1 aliphatic heterocycles. The summed E-state index contributed by atoms with van der Waals surface area (Å²) in [5, 5.41) is 5.47. The molecule has 3 aromatic rings. The molecular weight excluding hydrogens is 298 g/mol. The van der Waals surface area contributed by atoms with E-state index >= 15 is 0 Å². The quantitative estimate of drug-likeness (QED) is 0.744. The van der Waals surface area contributed by atoms with Crippen molar-refractivity contribution in [2.24, 2.45) is 7.05 Å². The van der Waals surface area contributed by atoms with Crippen LogP contribution in [-0.2, 0) is 13.6 Å². The molecule has 0 aliphatic carbocycles. The van der Waals surface area contributed by atoms with Crippen LogP contribution < -0.4 is 0 Å². The average Bonchev–Trinajstić information content (AvgIpc) is 3.01. The lowest BCUT2D eigenvalue weighted by molar-refractivity contribution is 0.192. The van der Waals surface area contributed by atoms with Crippen molar-refractivity contribution in [3.05, 3.63) is 53.7 Å². The van der Waals surface area contributed by atoms with Gasteiger partial charge in [-0.25, -0.2) is 9.97 Å². The summed E-state index contributed by atoms with van der Waals surface area (Å²) in [4.78, 5) is 12.0. The van der Waals surface area contributed by atoms with Crippen LogP contribution in [0.2, 0.25) is 0 Å². The molecule has 1 aliphatic rings. The fraction of sp³-hybridized carbons (Fsp3) is 0.421. The Morgan fingerprint density at radius 2 is 2.04 bits per heavy atom. The predicted octanol–water partition coefficient (Wildman–Crippen LogP) is 3.05. The summed E-state index contributed by atoms with van der Waals surface area (Å²) in [5.41, 5.74) is 3.44. The van der Waals surface area contributed by atoms with Gasteiger partial charge in [0, 0.05) is 42.5 Å². The highest BCUT2D eigenvalue weighted by atomic mass is 15.3. The highest BCUT2D eigenvalue weighted by molar-refractivity contribution is 5.80. The Morgan fingerprint density at radius 1 is 1.17 bits per heavy atom. The van der Waals surface area contributed by atoms with E-state index in [2.05, 4.69) is 35.1 Å². The Hall–Kier alpha value is -2.27. The van der Waals surface area contributed by atoms with E-state index in [1.807, 2.05) is 30.1 Å². The zero-order chi connectivity index (χ0) is 16.5. The molecule has 5 nitrogen and oxygen atoms in total. The van der Waals surface area contributed by atoms with Gasteiger partial charge in [-0.15, -0.1) is 0 Å². The van der Waals surface area contributed by atoms with Crippen LogP contribution >= 0.6 is 0 Å². The topological polar surface area (TPSA) is 46.8 Å². The lowest BCUT2D eigenvalue weighted by Gasteiger charge is -2.32. The monoisotopic (exact) mass is 321 g/mol. The minimum absolute atomic E-state index is 0.549. The smallest absolute Gasteiger partial charge is 0.143 e. The Labute approximate surface area is 142 Å². The van der Waals surface area contributed by atoms with Gasteiger partial charge in [0.05, 0.1) is 12.1 Å². The summed E-state index contributed by atoms with van der Waals surface area (Å²) >= 11 is 0. The van der Waals surface area contributed by atoms with Crippen LogP contribution in [0, 0.1) is 6.92 Å². The van der Waals surface area contributed by atoms with E-state index in [4.69, 9.17) is 9.97 Å². The maximum absolute atomic E-state index is 4.77. The largest absolute Gasteiger partial charge is 0.295 e. The van der Waals surface area contributed by atoms with Crippen LogP contribution in [0.4, 0.5) is 0 Å². The molecule has 1 saturated heterocycles. The zero-order valence-electron chi connectivity index (χ0n) is 14.3. The molecule has 124 valence electrons. The fourth-order valence-corrected chi connectivity index (χ4v) is 3.79. The first kappa shape index (κ1) is 15.3. The maximum Gasteiger partial charge on any atom is 0.143 e. The van der Waals surface area contributed by atoms with Gasteiger partial charge in [-0.1, -0.05) is 18.2 Å². The molecule has 0 bridgehead atoms. The first-order valence-electron chi connectivity index (χ1n) is 8.63. The lowest BCUT2D eigenvalue weighted by Crippen LogP contribution is -2.35. The van der Waals surface area contributed by atoms with Gasteiger partial charge in [0.2, 0.25) is 0 Å². The third kappa shape index (κ3) is 2.91. The molecule has 0 amide bonds. The molecule has 5 heteroatoms. The molecule has 0 radical (unpaired) electrons. The summed E-state index contributed by atoms with van der Waals surface area (Å²) in [6, 6.07) is 10.4. The normalized spacial score (nSPS) is 19.0. The first-order valence-corrected chi connectivity index (χ1v) is 8.63. The molecule has 0 spiro atoms. The lowest BCUT2D eigenvalue weighted by atomic mass is 9.94. The van der Waals surface area contributed by atoms with Crippen molar-refractivity contribution in [1.29, 1.82) is 0 Å². The number of hydrogen-bond acceptors (Lipinski definition) is 4. The van der Waals surface area contributed by atoms with Gasteiger partial charge in [-0.3, -0.25) is 9.58 Å². The Kier molecular flexibility index (Phi) is 4.02. The average molecular weight is 321 g/mol. The minimum atomic E-state index is 0.549. The number of rotatable bonds is 3. The number of benzene rings is 1. The van der Waals surface area contributed by atoms with Crippen LogP contribution in [0.5, 0.6) is 0 Å². The SMILES string of the molecule is Cc1nc(CN2CCCC(c3ccnn3C)C2)nc2ccccc12. The molecule has 1 unspecified atom stereocenters. The van der Waals surface area contributed by atoms with Crippen LogP contribution in [0.3, 0.4) is 0 Å². The van der Waals surface area contributed by atoms with E-state index in [0.717, 1.165) is 42.1 Å². The number of aryl methyl sites for hydroxylation is 2. The fourth-order valence-electron chi connectivity index (χ4n) is 3.79. The van der Waals surface area contributed by atoms with Crippen LogP contribution in [0.25, 0.3) is 10.9 Å². The third-order valence-electron chi connectivity index (χ3n) is 4.99. The number of likely N-dealkylation sites (tertiary alicyclic amines) is 1. The second-order valence-electron chi connectivity index (χ2n) is 6.70. The van der Waals surface area contributed by atoms with Crippen molar-refractivity contribution < 1.29 is 0 Å². The van der Waals surface area contributed by atoms with Crippen molar-refractivity contribution in [2.45, 2.75) is 32.2 Å². The summed E-state index contributed by atoms with van der Waals surface area (Å²) in [6.45, 7) is 5.06. The zero-order valence-corrected chi connectivity index (χ0v) is 14.3. The standard InChI is InChI=1S/C19H23N5/c1-14-16-7-3-4-8-17(16)22-19(21-14)13-24-11-5-6-15(12-24)18-9-10-20-23(18)2/h3-4,7-10,15H,5-6,11-13H2,1-2H3. The molecule has 1 aromatic carbocycles. The number of piperidine rings is 1. The summed E-state index contributed by atoms with van der Waals surface area (Å²) in [5.74, 6) is 1.48. The second-order valence-corrected chi connectivity index (χ2v) is 6.70. The van der Waals surface area contributed by atoms with Crippen LogP contribution in [-0.4, -0.2) is 37.7 Å². The molecule has 1 atom stereocenters. The summed E-state index contributed by atoms with van der Waals surface area (Å²) in [7, 11) is 2.03. The van der Waals surface area contributed by atoms with Gasteiger partial charge in [0.15, 0.2) is 0 Å². The van der Waals surface area contributed by atoms with Crippen LogP contribution in [0.1, 0.15) is 36.0 Å². The molecule has 24 heavy (non-hydrogen) atoms. The van der Waals surface area contributed by atoms with Gasteiger partial charge in [0.1, 0.15) is 5.82 Å². The molecule has 4 rings (SSSR count). The Morgan fingerprint density at radius 3 is 2.88 bits per heavy atom. The van der Waals surface area contributed by atoms with E-state index in [1.54, 1.807) is 0 Å². The summed E-state index contributed by atoms with van der Waals surface area (Å²) in [6.07, 6.45) is 4.33. The van der Waals surface area contributed by atoms with Gasteiger partial charge in [-0.05, 0) is 38.4 Å². The first-order chi connectivity index (χ1) is 11.7. The molecular formula is C19H23N5. The second kappa shape index (κ2) is 6.32. The van der Waals surface area contributed by atoms with Gasteiger partial charge >= 0.3 is 0 Å². The minimum Gasteiger partial charge on any atom is -0.295 e. The number of aromatic nitrogens is 4. The Bertz CT molecular complexity index is 854. The highest BCUT2D eigenvalue weighted by Crippen LogP contribution is 2.27. The molecule has 0 saturated carbocycles. The van der Waals surface area contributed by atoms with E-state index in [1.165, 1.54) is 18.5 Å². The summed E-state index contributed by atoms with van der Waals surface area (Å²) < 4.78 is 2.00. The van der Waals surface area contributed by atoms with Gasteiger partial charge in [0.25, 0.3) is 0 Å². The molecule has 0 N–H and O–H groups in total. The Balaban J connectivity index is 1.54. The van der Waals surface area contributed by atoms with Gasteiger partial charge < -0.3 is 0 Å². The van der Waals surface area contributed by atoms with Crippen molar-refractivity contribution in [2.75, 3.05) is 13.1 Å². The van der Waals surface area contributed by atoms with Crippen molar-refractivity contribution in [3.8, 4) is 0 Å². The number of para-hydroxylation sites is 1. The van der Waals surface area contributed by atoms with E-state index in [0.29, 0.717) is 5.92 Å². The maximum atomic E-state index is 4.77. The van der Waals surface area contributed by atoms with E-state index in [9.17, 15) is 0 Å². The number of fused-ring (bicyclic) bond motifs is 1.